The Morgan fingerprint density at radius 1 is 1.35 bits per heavy atom. The molecule has 100 valence electrons. The molecule has 1 fully saturated rings. The fraction of sp³-hybridized carbons (Fsp3) is 0.929. The van der Waals surface area contributed by atoms with Gasteiger partial charge in [0.15, 0.2) is 0 Å². The summed E-state index contributed by atoms with van der Waals surface area (Å²) in [5.74, 6) is 0.543. The van der Waals surface area contributed by atoms with E-state index in [2.05, 4.69) is 25.7 Å². The quantitative estimate of drug-likeness (QED) is 0.777. The molecule has 0 spiro atoms. The molecule has 17 heavy (non-hydrogen) atoms. The van der Waals surface area contributed by atoms with Crippen LogP contribution in [0.2, 0.25) is 0 Å². The molecule has 0 saturated heterocycles. The Morgan fingerprint density at radius 2 is 2.00 bits per heavy atom. The normalized spacial score (nSPS) is 25.5. The van der Waals surface area contributed by atoms with E-state index in [-0.39, 0.29) is 6.54 Å². The highest BCUT2D eigenvalue weighted by molar-refractivity contribution is 5.69. The third-order valence-electron chi connectivity index (χ3n) is 3.80. The Kier molecular flexibility index (Phi) is 5.96. The number of aliphatic carboxylic acids is 1. The molecule has 0 radical (unpaired) electrons. The first-order valence-electron chi connectivity index (χ1n) is 7.00. The van der Waals surface area contributed by atoms with Gasteiger partial charge in [-0.3, -0.25) is 9.69 Å². The second-order valence-corrected chi connectivity index (χ2v) is 5.74. The second kappa shape index (κ2) is 7.00. The number of nitrogens with zero attached hydrogens (tertiary/aromatic N) is 1. The average molecular weight is 241 g/mol. The maximum absolute atomic E-state index is 11.0. The average Bonchev–Trinajstić information content (AvgIpc) is 2.27. The smallest absolute Gasteiger partial charge is 0.317 e. The fourth-order valence-corrected chi connectivity index (χ4v) is 3.10. The van der Waals surface area contributed by atoms with Crippen LogP contribution in [-0.2, 0) is 4.79 Å². The van der Waals surface area contributed by atoms with Gasteiger partial charge in [-0.25, -0.2) is 0 Å². The first-order valence-corrected chi connectivity index (χ1v) is 7.00. The van der Waals surface area contributed by atoms with Gasteiger partial charge in [-0.15, -0.1) is 0 Å². The lowest BCUT2D eigenvalue weighted by atomic mass is 9.81. The van der Waals surface area contributed by atoms with Crippen molar-refractivity contribution in [2.75, 3.05) is 13.1 Å². The predicted molar refractivity (Wildman–Crippen MR) is 70.1 cm³/mol. The van der Waals surface area contributed by atoms with Gasteiger partial charge in [0.25, 0.3) is 0 Å². The van der Waals surface area contributed by atoms with Crippen LogP contribution in [0.1, 0.15) is 52.9 Å². The van der Waals surface area contributed by atoms with Crippen molar-refractivity contribution < 1.29 is 9.90 Å². The molecule has 1 N–H and O–H groups in total. The topological polar surface area (TPSA) is 40.5 Å². The minimum absolute atomic E-state index is 0.208. The summed E-state index contributed by atoms with van der Waals surface area (Å²) in [6.45, 7) is 7.68. The lowest BCUT2D eigenvalue weighted by Crippen LogP contribution is -2.46. The largest absolute Gasteiger partial charge is 0.480 e. The van der Waals surface area contributed by atoms with Crippen LogP contribution in [0, 0.1) is 11.8 Å². The summed E-state index contributed by atoms with van der Waals surface area (Å²) >= 11 is 0. The van der Waals surface area contributed by atoms with E-state index >= 15 is 0 Å². The summed E-state index contributed by atoms with van der Waals surface area (Å²) in [6.07, 6.45) is 6.21. The molecule has 1 aliphatic rings. The summed E-state index contributed by atoms with van der Waals surface area (Å²) in [7, 11) is 0. The Hall–Kier alpha value is -0.570. The summed E-state index contributed by atoms with van der Waals surface area (Å²) in [6, 6.07) is 0.493. The van der Waals surface area contributed by atoms with Crippen LogP contribution in [-0.4, -0.2) is 35.1 Å². The van der Waals surface area contributed by atoms with Crippen LogP contribution in [0.4, 0.5) is 0 Å². The minimum Gasteiger partial charge on any atom is -0.480 e. The molecular weight excluding hydrogens is 214 g/mol. The zero-order chi connectivity index (χ0) is 12.8. The molecule has 1 rings (SSSR count). The lowest BCUT2D eigenvalue weighted by molar-refractivity contribution is -0.139. The van der Waals surface area contributed by atoms with Crippen LogP contribution in [0.15, 0.2) is 0 Å². The predicted octanol–water partition coefficient (Wildman–Crippen LogP) is 3.00. The lowest BCUT2D eigenvalue weighted by Gasteiger charge is -2.39. The van der Waals surface area contributed by atoms with Gasteiger partial charge in [-0.05, 0) is 24.7 Å². The number of carboxylic acid groups (broad SMARTS) is 1. The van der Waals surface area contributed by atoms with Gasteiger partial charge in [0.2, 0.25) is 0 Å². The number of hydrogen-bond donors (Lipinski definition) is 1. The molecule has 1 aliphatic carbocycles. The summed E-state index contributed by atoms with van der Waals surface area (Å²) in [5, 5.41) is 9.04. The molecule has 0 aliphatic heterocycles. The van der Waals surface area contributed by atoms with Crippen LogP contribution < -0.4 is 0 Å². The van der Waals surface area contributed by atoms with Gasteiger partial charge < -0.3 is 5.11 Å². The third-order valence-corrected chi connectivity index (χ3v) is 3.80. The van der Waals surface area contributed by atoms with Gasteiger partial charge in [0, 0.05) is 12.6 Å². The van der Waals surface area contributed by atoms with Gasteiger partial charge in [0.1, 0.15) is 0 Å². The van der Waals surface area contributed by atoms with Crippen molar-refractivity contribution in [1.29, 1.82) is 0 Å². The monoisotopic (exact) mass is 241 g/mol. The van der Waals surface area contributed by atoms with Crippen molar-refractivity contribution in [3.63, 3.8) is 0 Å². The van der Waals surface area contributed by atoms with E-state index in [0.29, 0.717) is 17.9 Å². The maximum atomic E-state index is 11.0. The molecular formula is C14H27NO2. The molecule has 0 heterocycles. The highest BCUT2D eigenvalue weighted by atomic mass is 16.4. The van der Waals surface area contributed by atoms with Gasteiger partial charge in [-0.2, -0.15) is 0 Å². The van der Waals surface area contributed by atoms with Gasteiger partial charge in [0.05, 0.1) is 6.54 Å². The molecule has 0 aromatic carbocycles. The first kappa shape index (κ1) is 14.5. The molecule has 3 nitrogen and oxygen atoms in total. The number of rotatable bonds is 6. The van der Waals surface area contributed by atoms with E-state index in [0.717, 1.165) is 6.54 Å². The number of carboxylic acids is 1. The molecule has 2 unspecified atom stereocenters. The number of carbonyl (C=O) groups is 1. The highest BCUT2D eigenvalue weighted by Crippen LogP contribution is 2.31. The second-order valence-electron chi connectivity index (χ2n) is 5.74. The fourth-order valence-electron chi connectivity index (χ4n) is 3.10. The van der Waals surface area contributed by atoms with Crippen molar-refractivity contribution in [1.82, 2.24) is 4.90 Å². The Labute approximate surface area is 105 Å². The number of hydrogen-bond acceptors (Lipinski definition) is 2. The van der Waals surface area contributed by atoms with E-state index in [1.54, 1.807) is 0 Å². The standard InChI is InChI=1S/C14H27NO2/c1-4-12-7-5-6-8-13(12)15(9-11(2)3)10-14(16)17/h11-13H,4-10H2,1-3H3,(H,16,17). The minimum atomic E-state index is -0.689. The van der Waals surface area contributed by atoms with Gasteiger partial charge >= 0.3 is 5.97 Å². The molecule has 0 aromatic rings. The SMILES string of the molecule is CCC1CCCCC1N(CC(=O)O)CC(C)C. The third kappa shape index (κ3) is 4.66. The van der Waals surface area contributed by atoms with E-state index in [1.165, 1.54) is 32.1 Å². The van der Waals surface area contributed by atoms with Crippen molar-refractivity contribution in [3.05, 3.63) is 0 Å². The van der Waals surface area contributed by atoms with Crippen molar-refractivity contribution in [2.45, 2.75) is 58.9 Å². The molecule has 3 heteroatoms. The molecule has 2 atom stereocenters. The van der Waals surface area contributed by atoms with Gasteiger partial charge in [-0.1, -0.05) is 40.0 Å². The van der Waals surface area contributed by atoms with E-state index < -0.39 is 5.97 Å². The van der Waals surface area contributed by atoms with Crippen molar-refractivity contribution >= 4 is 5.97 Å². The highest BCUT2D eigenvalue weighted by Gasteiger charge is 2.30. The Morgan fingerprint density at radius 3 is 2.53 bits per heavy atom. The zero-order valence-corrected chi connectivity index (χ0v) is 11.5. The van der Waals surface area contributed by atoms with E-state index in [9.17, 15) is 4.79 Å². The Bertz CT molecular complexity index is 240. The van der Waals surface area contributed by atoms with E-state index in [4.69, 9.17) is 5.11 Å². The van der Waals surface area contributed by atoms with E-state index in [1.807, 2.05) is 0 Å². The summed E-state index contributed by atoms with van der Waals surface area (Å²) in [4.78, 5) is 13.2. The molecule has 1 saturated carbocycles. The molecule has 0 aromatic heterocycles. The Balaban J connectivity index is 2.67. The zero-order valence-electron chi connectivity index (χ0n) is 11.5. The summed E-state index contributed by atoms with van der Waals surface area (Å²) in [5.41, 5.74) is 0. The van der Waals surface area contributed by atoms with Crippen LogP contribution in [0.25, 0.3) is 0 Å². The maximum Gasteiger partial charge on any atom is 0.317 e. The molecule has 0 bridgehead atoms. The first-order chi connectivity index (χ1) is 8.04. The van der Waals surface area contributed by atoms with Crippen molar-refractivity contribution in [3.8, 4) is 0 Å². The van der Waals surface area contributed by atoms with Crippen LogP contribution >= 0.6 is 0 Å². The van der Waals surface area contributed by atoms with Crippen molar-refractivity contribution in [2.24, 2.45) is 11.8 Å². The van der Waals surface area contributed by atoms with Crippen LogP contribution in [0.5, 0.6) is 0 Å². The molecule has 0 amide bonds. The van der Waals surface area contributed by atoms with Crippen LogP contribution in [0.3, 0.4) is 0 Å². The summed E-state index contributed by atoms with van der Waals surface area (Å²) < 4.78 is 0.